The lowest BCUT2D eigenvalue weighted by molar-refractivity contribution is -0.144. The third kappa shape index (κ3) is 3.00. The summed E-state index contributed by atoms with van der Waals surface area (Å²) in [6.45, 7) is 1.43. The largest absolute Gasteiger partial charge is 0.451 e. The molecule has 1 aliphatic heterocycles. The zero-order chi connectivity index (χ0) is 12.5. The monoisotopic (exact) mass is 265 g/mol. The van der Waals surface area contributed by atoms with Crippen molar-refractivity contribution >= 4 is 17.4 Å². The van der Waals surface area contributed by atoms with Crippen LogP contribution in [0.25, 0.3) is 0 Å². The molecule has 2 rings (SSSR count). The standard InChI is InChI=1S/C10H11ClF3N3/c11-7-6-8(17-4-2-1-3-5-17)16-9(15-7)10(12,13)14/h6H,1-5H2. The summed E-state index contributed by atoms with van der Waals surface area (Å²) in [4.78, 5) is 8.55. The van der Waals surface area contributed by atoms with Crippen LogP contribution in [0.4, 0.5) is 19.0 Å². The predicted molar refractivity (Wildman–Crippen MR) is 58.1 cm³/mol. The maximum Gasteiger partial charge on any atom is 0.451 e. The van der Waals surface area contributed by atoms with Crippen molar-refractivity contribution in [1.29, 1.82) is 0 Å². The van der Waals surface area contributed by atoms with E-state index in [-0.39, 0.29) is 11.0 Å². The molecule has 1 fully saturated rings. The third-order valence-corrected chi connectivity index (χ3v) is 2.81. The number of alkyl halides is 3. The van der Waals surface area contributed by atoms with Crippen molar-refractivity contribution in [1.82, 2.24) is 9.97 Å². The van der Waals surface area contributed by atoms with Crippen LogP contribution >= 0.6 is 11.6 Å². The van der Waals surface area contributed by atoms with E-state index in [0.717, 1.165) is 19.3 Å². The predicted octanol–water partition coefficient (Wildman–Crippen LogP) is 3.14. The van der Waals surface area contributed by atoms with Crippen LogP contribution in [0.5, 0.6) is 0 Å². The molecule has 17 heavy (non-hydrogen) atoms. The molecule has 1 saturated heterocycles. The van der Waals surface area contributed by atoms with Gasteiger partial charge in [0, 0.05) is 19.2 Å². The second-order valence-electron chi connectivity index (χ2n) is 3.92. The summed E-state index contributed by atoms with van der Waals surface area (Å²) in [7, 11) is 0. The van der Waals surface area contributed by atoms with Crippen LogP contribution in [0, 0.1) is 0 Å². The molecule has 0 aliphatic carbocycles. The van der Waals surface area contributed by atoms with Gasteiger partial charge in [-0.15, -0.1) is 0 Å². The molecule has 94 valence electrons. The molecule has 0 atom stereocenters. The van der Waals surface area contributed by atoms with Crippen LogP contribution in [0.15, 0.2) is 6.07 Å². The van der Waals surface area contributed by atoms with Gasteiger partial charge >= 0.3 is 6.18 Å². The van der Waals surface area contributed by atoms with Crippen molar-refractivity contribution in [3.63, 3.8) is 0 Å². The molecule has 3 nitrogen and oxygen atoms in total. The highest BCUT2D eigenvalue weighted by Crippen LogP contribution is 2.29. The Hall–Kier alpha value is -1.04. The molecule has 0 amide bonds. The maximum absolute atomic E-state index is 12.5. The van der Waals surface area contributed by atoms with Crippen LogP contribution in [0.1, 0.15) is 25.1 Å². The average molecular weight is 266 g/mol. The smallest absolute Gasteiger partial charge is 0.356 e. The lowest BCUT2D eigenvalue weighted by atomic mass is 10.1. The molecular formula is C10H11ClF3N3. The van der Waals surface area contributed by atoms with E-state index in [0.29, 0.717) is 13.1 Å². The molecular weight excluding hydrogens is 255 g/mol. The van der Waals surface area contributed by atoms with Crippen LogP contribution in [-0.2, 0) is 6.18 Å². The second-order valence-corrected chi connectivity index (χ2v) is 4.31. The Bertz CT molecular complexity index is 402. The maximum atomic E-state index is 12.5. The number of hydrogen-bond donors (Lipinski definition) is 0. The van der Waals surface area contributed by atoms with Crippen molar-refractivity contribution in [2.24, 2.45) is 0 Å². The highest BCUT2D eigenvalue weighted by molar-refractivity contribution is 6.29. The molecule has 0 aromatic carbocycles. The van der Waals surface area contributed by atoms with E-state index in [1.165, 1.54) is 6.07 Å². The number of piperidine rings is 1. The molecule has 1 aromatic rings. The number of nitrogens with zero attached hydrogens (tertiary/aromatic N) is 3. The Morgan fingerprint density at radius 2 is 1.76 bits per heavy atom. The lowest BCUT2D eigenvalue weighted by Gasteiger charge is -2.28. The zero-order valence-corrected chi connectivity index (χ0v) is 9.72. The number of halogens is 4. The van der Waals surface area contributed by atoms with Crippen LogP contribution < -0.4 is 4.90 Å². The first-order valence-corrected chi connectivity index (χ1v) is 5.71. The van der Waals surface area contributed by atoms with Gasteiger partial charge in [-0.25, -0.2) is 9.97 Å². The minimum absolute atomic E-state index is 0.173. The molecule has 7 heteroatoms. The Kier molecular flexibility index (Phi) is 3.42. The van der Waals surface area contributed by atoms with Crippen LogP contribution in [0.3, 0.4) is 0 Å². The molecule has 0 radical (unpaired) electrons. The Balaban J connectivity index is 2.31. The molecule has 0 unspecified atom stereocenters. The first kappa shape index (κ1) is 12.4. The summed E-state index contributed by atoms with van der Waals surface area (Å²) in [6, 6.07) is 1.38. The Labute approximate surface area is 102 Å². The van der Waals surface area contributed by atoms with Crippen molar-refractivity contribution in [2.45, 2.75) is 25.4 Å². The van der Waals surface area contributed by atoms with Gasteiger partial charge in [-0.3, -0.25) is 0 Å². The molecule has 0 N–H and O–H groups in total. The normalized spacial score (nSPS) is 17.3. The van der Waals surface area contributed by atoms with E-state index in [1.807, 2.05) is 4.90 Å². The van der Waals surface area contributed by atoms with Gasteiger partial charge in [-0.1, -0.05) is 11.6 Å². The van der Waals surface area contributed by atoms with E-state index in [1.54, 1.807) is 0 Å². The molecule has 0 spiro atoms. The van der Waals surface area contributed by atoms with Gasteiger partial charge in [-0.2, -0.15) is 13.2 Å². The minimum atomic E-state index is -4.56. The summed E-state index contributed by atoms with van der Waals surface area (Å²) in [5.74, 6) is -0.914. The molecule has 0 saturated carbocycles. The highest BCUT2D eigenvalue weighted by atomic mass is 35.5. The summed E-state index contributed by atoms with van der Waals surface area (Å²) in [5.41, 5.74) is 0. The Morgan fingerprint density at radius 1 is 1.12 bits per heavy atom. The molecule has 0 bridgehead atoms. The van der Waals surface area contributed by atoms with Crippen molar-refractivity contribution in [3.05, 3.63) is 17.0 Å². The summed E-state index contributed by atoms with van der Waals surface area (Å²) >= 11 is 5.60. The lowest BCUT2D eigenvalue weighted by Crippen LogP contribution is -2.31. The summed E-state index contributed by atoms with van der Waals surface area (Å²) < 4.78 is 37.5. The van der Waals surface area contributed by atoms with E-state index in [2.05, 4.69) is 9.97 Å². The van der Waals surface area contributed by atoms with E-state index in [9.17, 15) is 13.2 Å². The number of aromatic nitrogens is 2. The fraction of sp³-hybridized carbons (Fsp3) is 0.600. The van der Waals surface area contributed by atoms with E-state index in [4.69, 9.17) is 11.6 Å². The van der Waals surface area contributed by atoms with Gasteiger partial charge in [0.25, 0.3) is 0 Å². The second kappa shape index (κ2) is 4.68. The first-order valence-electron chi connectivity index (χ1n) is 5.33. The third-order valence-electron chi connectivity index (χ3n) is 2.61. The van der Waals surface area contributed by atoms with Gasteiger partial charge in [0.15, 0.2) is 0 Å². The van der Waals surface area contributed by atoms with E-state index >= 15 is 0 Å². The van der Waals surface area contributed by atoms with Gasteiger partial charge in [0.05, 0.1) is 0 Å². The topological polar surface area (TPSA) is 29.0 Å². The van der Waals surface area contributed by atoms with Gasteiger partial charge in [0.1, 0.15) is 11.0 Å². The van der Waals surface area contributed by atoms with Gasteiger partial charge in [-0.05, 0) is 19.3 Å². The summed E-state index contributed by atoms with van der Waals surface area (Å²) in [5, 5.41) is -0.173. The Morgan fingerprint density at radius 3 is 2.35 bits per heavy atom. The van der Waals surface area contributed by atoms with Crippen LogP contribution in [-0.4, -0.2) is 23.1 Å². The van der Waals surface area contributed by atoms with Gasteiger partial charge in [0.2, 0.25) is 5.82 Å². The SMILES string of the molecule is FC(F)(F)c1nc(Cl)cc(N2CCCCC2)n1. The number of anilines is 1. The highest BCUT2D eigenvalue weighted by Gasteiger charge is 2.35. The number of rotatable bonds is 1. The first-order chi connectivity index (χ1) is 7.97. The molecule has 1 aliphatic rings. The van der Waals surface area contributed by atoms with Crippen molar-refractivity contribution in [2.75, 3.05) is 18.0 Å². The van der Waals surface area contributed by atoms with E-state index < -0.39 is 12.0 Å². The van der Waals surface area contributed by atoms with Crippen molar-refractivity contribution in [3.8, 4) is 0 Å². The fourth-order valence-corrected chi connectivity index (χ4v) is 2.00. The number of hydrogen-bond acceptors (Lipinski definition) is 3. The zero-order valence-electron chi connectivity index (χ0n) is 8.97. The van der Waals surface area contributed by atoms with Crippen molar-refractivity contribution < 1.29 is 13.2 Å². The van der Waals surface area contributed by atoms with Gasteiger partial charge < -0.3 is 4.90 Å². The fourth-order valence-electron chi connectivity index (χ4n) is 1.82. The van der Waals surface area contributed by atoms with Crippen LogP contribution in [0.2, 0.25) is 5.15 Å². The summed E-state index contributed by atoms with van der Waals surface area (Å²) in [6.07, 6.45) is -1.54. The average Bonchev–Trinajstić information content (AvgIpc) is 2.28. The molecule has 2 heterocycles. The minimum Gasteiger partial charge on any atom is -0.356 e. The quantitative estimate of drug-likeness (QED) is 0.731. The molecule has 1 aromatic heterocycles.